The summed E-state index contributed by atoms with van der Waals surface area (Å²) in [5.41, 5.74) is -5.98. The Hall–Kier alpha value is -7.82. The third-order valence-corrected chi connectivity index (χ3v) is 15.0. The number of rotatable bonds is 21. The van der Waals surface area contributed by atoms with Gasteiger partial charge in [0.25, 0.3) is 5.91 Å². The molecule has 78 heavy (non-hydrogen) atoms. The number of unbranched alkanes of at least 4 members (excludes halogenated alkanes) is 1. The summed E-state index contributed by atoms with van der Waals surface area (Å²) in [6, 6.07) is 20.5. The molecule has 7 rings (SSSR count). The minimum Gasteiger partial charge on any atom is -0.481 e. The summed E-state index contributed by atoms with van der Waals surface area (Å²) in [6.45, 7) is 4.57. The number of hydrogen-bond acceptors (Lipinski definition) is 18. The van der Waals surface area contributed by atoms with Crippen LogP contribution in [-0.2, 0) is 66.8 Å². The van der Waals surface area contributed by atoms with Gasteiger partial charge in [-0.25, -0.2) is 14.4 Å². The van der Waals surface area contributed by atoms with Crippen molar-refractivity contribution in [1.82, 2.24) is 10.6 Å². The zero-order chi connectivity index (χ0) is 56.7. The Morgan fingerprint density at radius 2 is 1.40 bits per heavy atom. The SMILES string of the molecule is CC(=O)O[C@H]1C(=O)[C@@]2(C)C(C(OC(=O)c3ccccc3)[C@@]3(O)CC1=C(C)[C@@H](OC(=O)[C@H](OC(=O)CCCCC(=O)N[C@@H](CCC(=O)O)C(=O)O)[C@@H](NC(=O)c1ccccc1)c1ccccc1)C3)[C@]1(OC(C)=O)CO[C@@H]1C[C@@H]2O. The summed E-state index contributed by atoms with van der Waals surface area (Å²) in [5.74, 6) is -11.8. The van der Waals surface area contributed by atoms with Crippen LogP contribution in [0.25, 0.3) is 0 Å². The molecular weight excluding hydrogens is 1020 g/mol. The Kier molecular flexibility index (Phi) is 18.0. The first kappa shape index (κ1) is 57.9. The van der Waals surface area contributed by atoms with Crippen molar-refractivity contribution in [3.8, 4) is 0 Å². The summed E-state index contributed by atoms with van der Waals surface area (Å²) in [4.78, 5) is 134. The lowest BCUT2D eigenvalue weighted by atomic mass is 9.48. The zero-order valence-corrected chi connectivity index (χ0v) is 43.2. The van der Waals surface area contributed by atoms with Gasteiger partial charge in [0.05, 0.1) is 29.6 Å². The van der Waals surface area contributed by atoms with Crippen LogP contribution in [0.1, 0.15) is 118 Å². The molecule has 3 aliphatic carbocycles. The number of nitrogens with one attached hydrogen (secondary N) is 2. The standard InChI is InChI=1S/C56H62N2O20/c1-30-36-27-55(72,49(77-52(70)35-20-12-7-13-21-35)47-54(4,48(66)45(36)74-31(2)59)39(61)26-40-56(47,29-73-40)78-32(3)60)28-38(30)75-53(71)46(44(33-16-8-5-9-17-33)58-50(67)34-18-10-6-11-19-34)76-43(65)23-15-14-22-41(62)57-37(51(68)69)24-25-42(63)64/h5-13,16-21,37-40,44-47,49,61,72H,14-15,22-29H2,1-4H3,(H,57,62)(H,58,67)(H,63,64)(H,68,69)/t37-,38-,39-,40+,44-,45+,46+,47?,49?,54+,55+,56-/m0/s1. The highest BCUT2D eigenvalue weighted by Gasteiger charge is 2.76. The summed E-state index contributed by atoms with van der Waals surface area (Å²) >= 11 is 0. The Morgan fingerprint density at radius 1 is 0.782 bits per heavy atom. The van der Waals surface area contributed by atoms with E-state index in [9.17, 15) is 53.7 Å². The van der Waals surface area contributed by atoms with E-state index in [-0.39, 0.29) is 66.5 Å². The predicted octanol–water partition coefficient (Wildman–Crippen LogP) is 3.65. The summed E-state index contributed by atoms with van der Waals surface area (Å²) in [7, 11) is 0. The molecule has 416 valence electrons. The number of aliphatic hydroxyl groups excluding tert-OH is 1. The number of ketones is 1. The van der Waals surface area contributed by atoms with Crippen LogP contribution in [0, 0.1) is 11.3 Å². The lowest BCUT2D eigenvalue weighted by Crippen LogP contribution is -2.80. The number of carboxylic acid groups (broad SMARTS) is 2. The number of Topliss-reactive ketones (excluding diaryl/α,β-unsaturated/α-hetero) is 1. The van der Waals surface area contributed by atoms with Crippen LogP contribution in [0.3, 0.4) is 0 Å². The molecule has 2 bridgehead atoms. The zero-order valence-electron chi connectivity index (χ0n) is 43.2. The number of hydrogen-bond donors (Lipinski definition) is 6. The van der Waals surface area contributed by atoms with Crippen molar-refractivity contribution >= 4 is 59.4 Å². The van der Waals surface area contributed by atoms with Gasteiger partial charge in [0.2, 0.25) is 12.0 Å². The number of aliphatic carboxylic acids is 2. The largest absolute Gasteiger partial charge is 0.481 e. The molecule has 22 nitrogen and oxygen atoms in total. The molecule has 4 aliphatic rings. The number of ether oxygens (including phenoxy) is 6. The normalized spacial score (nSPS) is 27.2. The second-order valence-electron chi connectivity index (χ2n) is 20.3. The number of carboxylic acids is 2. The van der Waals surface area contributed by atoms with E-state index in [1.54, 1.807) is 66.7 Å². The maximum atomic E-state index is 15.5. The number of amides is 2. The van der Waals surface area contributed by atoms with E-state index in [0.717, 1.165) is 13.8 Å². The molecule has 3 aromatic carbocycles. The number of carbonyl (C=O) groups excluding carboxylic acids is 8. The monoisotopic (exact) mass is 1080 g/mol. The topological polar surface area (TPSA) is 331 Å². The Morgan fingerprint density at radius 3 is 1.97 bits per heavy atom. The van der Waals surface area contributed by atoms with Crippen molar-refractivity contribution in [2.45, 2.75) is 145 Å². The predicted molar refractivity (Wildman–Crippen MR) is 267 cm³/mol. The highest BCUT2D eigenvalue weighted by molar-refractivity contribution is 5.96. The lowest BCUT2D eigenvalue weighted by molar-refractivity contribution is -0.340. The van der Waals surface area contributed by atoms with E-state index >= 15 is 9.59 Å². The fraction of sp³-hybridized carbons (Fsp3) is 0.464. The summed E-state index contributed by atoms with van der Waals surface area (Å²) in [5, 5.41) is 49.1. The van der Waals surface area contributed by atoms with Gasteiger partial charge < -0.3 is 59.5 Å². The van der Waals surface area contributed by atoms with E-state index in [4.69, 9.17) is 33.5 Å². The van der Waals surface area contributed by atoms with Gasteiger partial charge in [-0.1, -0.05) is 66.7 Å². The lowest BCUT2D eigenvalue weighted by Gasteiger charge is -2.65. The van der Waals surface area contributed by atoms with Crippen molar-refractivity contribution in [1.29, 1.82) is 0 Å². The van der Waals surface area contributed by atoms with Crippen LogP contribution in [0.2, 0.25) is 0 Å². The molecule has 2 unspecified atom stereocenters. The molecular formula is C56H62N2O20. The molecule has 6 N–H and O–H groups in total. The van der Waals surface area contributed by atoms with Crippen molar-refractivity contribution in [3.05, 3.63) is 119 Å². The molecule has 0 aromatic heterocycles. The quantitative estimate of drug-likeness (QED) is 0.0384. The third kappa shape index (κ3) is 12.5. The van der Waals surface area contributed by atoms with Gasteiger partial charge in [-0.3, -0.25) is 33.6 Å². The Balaban J connectivity index is 1.28. The van der Waals surface area contributed by atoms with Gasteiger partial charge in [-0.05, 0) is 74.1 Å². The van der Waals surface area contributed by atoms with Crippen LogP contribution in [-0.4, -0.2) is 140 Å². The van der Waals surface area contributed by atoms with Gasteiger partial charge in [-0.2, -0.15) is 0 Å². The van der Waals surface area contributed by atoms with Crippen LogP contribution >= 0.6 is 0 Å². The number of carbonyl (C=O) groups is 10. The van der Waals surface area contributed by atoms with E-state index in [0.29, 0.717) is 0 Å². The van der Waals surface area contributed by atoms with E-state index in [2.05, 4.69) is 10.6 Å². The Bertz CT molecular complexity index is 2820. The van der Waals surface area contributed by atoms with Crippen LogP contribution in [0.5, 0.6) is 0 Å². The van der Waals surface area contributed by atoms with E-state index in [1.807, 2.05) is 0 Å². The molecule has 0 spiro atoms. The van der Waals surface area contributed by atoms with Gasteiger partial charge in [0.15, 0.2) is 17.5 Å². The molecule has 0 radical (unpaired) electrons. The van der Waals surface area contributed by atoms with Crippen molar-refractivity contribution in [3.63, 3.8) is 0 Å². The minimum absolute atomic E-state index is 0.00249. The van der Waals surface area contributed by atoms with E-state index in [1.165, 1.54) is 38.1 Å². The second-order valence-corrected chi connectivity index (χ2v) is 20.3. The highest BCUT2D eigenvalue weighted by Crippen LogP contribution is 2.61. The van der Waals surface area contributed by atoms with Gasteiger partial charge >= 0.3 is 41.8 Å². The number of benzene rings is 3. The van der Waals surface area contributed by atoms with Gasteiger partial charge in [0.1, 0.15) is 36.0 Å². The number of esters is 5. The molecule has 1 heterocycles. The van der Waals surface area contributed by atoms with Crippen LogP contribution in [0.15, 0.2) is 102 Å². The van der Waals surface area contributed by atoms with Crippen LogP contribution in [0.4, 0.5) is 0 Å². The van der Waals surface area contributed by atoms with Crippen molar-refractivity contribution < 1.29 is 96.8 Å². The molecule has 2 amide bonds. The minimum atomic E-state index is -2.43. The molecule has 22 heteroatoms. The number of aliphatic hydroxyl groups is 2. The number of fused-ring (bicyclic) bond motifs is 5. The average Bonchev–Trinajstić information content (AvgIpc) is 2.37. The van der Waals surface area contributed by atoms with E-state index < -0.39 is 156 Å². The molecule has 3 aromatic rings. The maximum absolute atomic E-state index is 15.5. The van der Waals surface area contributed by atoms with Crippen molar-refractivity contribution in [2.24, 2.45) is 11.3 Å². The third-order valence-electron chi connectivity index (χ3n) is 15.0. The molecule has 3 fully saturated rings. The second kappa shape index (κ2) is 24.2. The first-order valence-corrected chi connectivity index (χ1v) is 25.4. The molecule has 1 saturated heterocycles. The summed E-state index contributed by atoms with van der Waals surface area (Å²) < 4.78 is 36.2. The maximum Gasteiger partial charge on any atom is 0.350 e. The first-order valence-electron chi connectivity index (χ1n) is 25.4. The summed E-state index contributed by atoms with van der Waals surface area (Å²) in [6.07, 6.45) is -13.3. The molecule has 1 aliphatic heterocycles. The Labute approximate surface area is 447 Å². The smallest absolute Gasteiger partial charge is 0.350 e. The fourth-order valence-corrected chi connectivity index (χ4v) is 11.1. The fourth-order valence-electron chi connectivity index (χ4n) is 11.1. The van der Waals surface area contributed by atoms with Gasteiger partial charge in [-0.15, -0.1) is 0 Å². The molecule has 2 saturated carbocycles. The van der Waals surface area contributed by atoms with Crippen molar-refractivity contribution in [2.75, 3.05) is 6.61 Å². The average molecular weight is 1080 g/mol. The first-order chi connectivity index (χ1) is 37.0. The van der Waals surface area contributed by atoms with Gasteiger partial charge in [0, 0.05) is 57.9 Å². The van der Waals surface area contributed by atoms with Crippen LogP contribution < -0.4 is 10.6 Å². The highest BCUT2D eigenvalue weighted by atomic mass is 16.6. The molecule has 12 atom stereocenters.